The number of carbonyl (C=O) groups excluding carboxylic acids is 1. The van der Waals surface area contributed by atoms with Gasteiger partial charge in [-0.25, -0.2) is 0 Å². The molecule has 0 fully saturated rings. The first-order valence-corrected chi connectivity index (χ1v) is 7.78. The summed E-state index contributed by atoms with van der Waals surface area (Å²) in [4.78, 5) is 16.7. The molecule has 0 saturated carbocycles. The summed E-state index contributed by atoms with van der Waals surface area (Å²) in [5.74, 6) is -0.330. The van der Waals surface area contributed by atoms with E-state index < -0.39 is 5.92 Å². The molecule has 0 unspecified atom stereocenters. The third kappa shape index (κ3) is 3.81. The molecule has 7 nitrogen and oxygen atoms in total. The summed E-state index contributed by atoms with van der Waals surface area (Å²) in [6.07, 6.45) is 4.83. The quantitative estimate of drug-likeness (QED) is 0.724. The molecule has 122 valence electrons. The Hall–Kier alpha value is -3.09. The highest BCUT2D eigenvalue weighted by Gasteiger charge is 2.25. The van der Waals surface area contributed by atoms with Crippen molar-refractivity contribution in [2.75, 3.05) is 5.32 Å². The minimum absolute atomic E-state index is 0.169. The zero-order valence-electron chi connectivity index (χ0n) is 13.3. The molecule has 0 spiro atoms. The number of aromatic amines is 1. The number of anilines is 1. The molecule has 2 N–H and O–H groups in total. The number of hydrogen-bond donors (Lipinski definition) is 2. The van der Waals surface area contributed by atoms with Gasteiger partial charge >= 0.3 is 0 Å². The maximum Gasteiger partial charge on any atom is 0.235 e. The molecule has 2 heterocycles. The van der Waals surface area contributed by atoms with Crippen molar-refractivity contribution in [1.29, 1.82) is 0 Å². The molecule has 0 radical (unpaired) electrons. The van der Waals surface area contributed by atoms with Crippen LogP contribution in [0.3, 0.4) is 0 Å². The Morgan fingerprint density at radius 1 is 1.12 bits per heavy atom. The zero-order chi connectivity index (χ0) is 16.8. The van der Waals surface area contributed by atoms with Crippen molar-refractivity contribution in [1.82, 2.24) is 25.6 Å². The van der Waals surface area contributed by atoms with E-state index in [1.54, 1.807) is 12.4 Å². The fourth-order valence-electron chi connectivity index (χ4n) is 2.43. The van der Waals surface area contributed by atoms with Crippen LogP contribution in [0.5, 0.6) is 0 Å². The van der Waals surface area contributed by atoms with Gasteiger partial charge < -0.3 is 5.32 Å². The van der Waals surface area contributed by atoms with Gasteiger partial charge in [0.25, 0.3) is 0 Å². The van der Waals surface area contributed by atoms with Crippen molar-refractivity contribution in [3.63, 3.8) is 0 Å². The molecule has 0 aliphatic rings. The number of nitrogens with zero attached hydrogens (tertiary/aromatic N) is 4. The number of pyridine rings is 1. The second kappa shape index (κ2) is 7.45. The van der Waals surface area contributed by atoms with Crippen molar-refractivity contribution < 1.29 is 4.79 Å². The predicted molar refractivity (Wildman–Crippen MR) is 89.3 cm³/mol. The molecule has 1 amide bonds. The maximum absolute atomic E-state index is 12.7. The summed E-state index contributed by atoms with van der Waals surface area (Å²) in [7, 11) is 0. The van der Waals surface area contributed by atoms with Crippen LogP contribution in [0.15, 0.2) is 48.8 Å². The molecule has 0 aliphatic heterocycles. The molecule has 24 heavy (non-hydrogen) atoms. The van der Waals surface area contributed by atoms with Crippen LogP contribution in [0.4, 0.5) is 5.69 Å². The van der Waals surface area contributed by atoms with Gasteiger partial charge in [-0.3, -0.25) is 9.78 Å². The molecule has 1 atom stereocenters. The number of benzene rings is 1. The van der Waals surface area contributed by atoms with Crippen molar-refractivity contribution in [2.45, 2.75) is 25.7 Å². The van der Waals surface area contributed by atoms with Crippen molar-refractivity contribution in [2.24, 2.45) is 0 Å². The van der Waals surface area contributed by atoms with Crippen LogP contribution in [0.2, 0.25) is 0 Å². The van der Waals surface area contributed by atoms with Crippen LogP contribution >= 0.6 is 0 Å². The lowest BCUT2D eigenvalue weighted by molar-refractivity contribution is -0.117. The Kier molecular flexibility index (Phi) is 4.90. The molecule has 0 bridgehead atoms. The standard InChI is InChI=1S/C17H18N6O/c1-2-12-3-5-14(6-4-12)19-17(24)15(16-20-22-23-21-16)11-13-7-9-18-10-8-13/h3-10,15H,2,11H2,1H3,(H,19,24)(H,20,21,22,23)/t15-/m0/s1. The summed E-state index contributed by atoms with van der Waals surface area (Å²) < 4.78 is 0. The van der Waals surface area contributed by atoms with E-state index in [0.29, 0.717) is 12.2 Å². The Labute approximate surface area is 139 Å². The van der Waals surface area contributed by atoms with E-state index in [1.807, 2.05) is 36.4 Å². The highest BCUT2D eigenvalue weighted by Crippen LogP contribution is 2.20. The number of tetrazole rings is 1. The lowest BCUT2D eigenvalue weighted by Crippen LogP contribution is -2.24. The Bertz CT molecular complexity index is 771. The first-order chi connectivity index (χ1) is 11.8. The van der Waals surface area contributed by atoms with Crippen molar-refractivity contribution in [3.05, 3.63) is 65.7 Å². The van der Waals surface area contributed by atoms with E-state index in [4.69, 9.17) is 0 Å². The normalized spacial score (nSPS) is 11.9. The number of amides is 1. The fraction of sp³-hybridized carbons (Fsp3) is 0.235. The fourth-order valence-corrected chi connectivity index (χ4v) is 2.43. The highest BCUT2D eigenvalue weighted by atomic mass is 16.1. The number of aromatic nitrogens is 5. The lowest BCUT2D eigenvalue weighted by Gasteiger charge is -2.14. The number of hydrogen-bond acceptors (Lipinski definition) is 5. The second-order valence-corrected chi connectivity index (χ2v) is 5.42. The molecule has 0 saturated heterocycles. The monoisotopic (exact) mass is 322 g/mol. The van der Waals surface area contributed by atoms with Crippen LogP contribution in [-0.2, 0) is 17.6 Å². The van der Waals surface area contributed by atoms with Gasteiger partial charge in [0.15, 0.2) is 5.82 Å². The lowest BCUT2D eigenvalue weighted by atomic mass is 9.98. The molecule has 1 aromatic carbocycles. The number of nitrogens with one attached hydrogen (secondary N) is 2. The molecule has 3 aromatic rings. The Morgan fingerprint density at radius 3 is 2.50 bits per heavy atom. The van der Waals surface area contributed by atoms with Crippen LogP contribution in [-0.4, -0.2) is 31.5 Å². The van der Waals surface area contributed by atoms with E-state index in [2.05, 4.69) is 37.8 Å². The number of H-pyrrole nitrogens is 1. The van der Waals surface area contributed by atoms with Crippen molar-refractivity contribution >= 4 is 11.6 Å². The number of carbonyl (C=O) groups is 1. The molecule has 3 rings (SSSR count). The topological polar surface area (TPSA) is 96.5 Å². The zero-order valence-corrected chi connectivity index (χ0v) is 13.3. The Morgan fingerprint density at radius 2 is 1.88 bits per heavy atom. The summed E-state index contributed by atoms with van der Waals surface area (Å²) in [5.41, 5.74) is 2.95. The summed E-state index contributed by atoms with van der Waals surface area (Å²) in [6, 6.07) is 11.5. The van der Waals surface area contributed by atoms with Gasteiger partial charge in [0, 0.05) is 18.1 Å². The summed E-state index contributed by atoms with van der Waals surface area (Å²) in [5, 5.41) is 16.9. The Balaban J connectivity index is 1.78. The largest absolute Gasteiger partial charge is 0.325 e. The van der Waals surface area contributed by atoms with E-state index in [9.17, 15) is 4.79 Å². The summed E-state index contributed by atoms with van der Waals surface area (Å²) in [6.45, 7) is 2.09. The number of aryl methyl sites for hydroxylation is 1. The van der Waals surface area contributed by atoms with Crippen LogP contribution < -0.4 is 5.32 Å². The average Bonchev–Trinajstić information content (AvgIpc) is 3.15. The third-order valence-corrected chi connectivity index (χ3v) is 3.81. The molecular weight excluding hydrogens is 304 g/mol. The predicted octanol–water partition coefficient (Wildman–Crippen LogP) is 2.12. The smallest absolute Gasteiger partial charge is 0.235 e. The van der Waals surface area contributed by atoms with Gasteiger partial charge in [0.2, 0.25) is 5.91 Å². The second-order valence-electron chi connectivity index (χ2n) is 5.42. The van der Waals surface area contributed by atoms with Crippen LogP contribution in [0.1, 0.15) is 29.8 Å². The molecular formula is C17H18N6O. The molecule has 2 aromatic heterocycles. The SMILES string of the molecule is CCc1ccc(NC(=O)[C@@H](Cc2ccncc2)c2nn[nH]n2)cc1. The van der Waals surface area contributed by atoms with E-state index in [-0.39, 0.29) is 5.91 Å². The van der Waals surface area contributed by atoms with Gasteiger partial charge in [0.05, 0.1) is 0 Å². The third-order valence-electron chi connectivity index (χ3n) is 3.81. The van der Waals surface area contributed by atoms with Gasteiger partial charge in [-0.2, -0.15) is 5.21 Å². The van der Waals surface area contributed by atoms with Gasteiger partial charge in [-0.15, -0.1) is 10.2 Å². The van der Waals surface area contributed by atoms with Gasteiger partial charge in [0.1, 0.15) is 5.92 Å². The summed E-state index contributed by atoms with van der Waals surface area (Å²) >= 11 is 0. The maximum atomic E-state index is 12.7. The van der Waals surface area contributed by atoms with E-state index >= 15 is 0 Å². The highest BCUT2D eigenvalue weighted by molar-refractivity contribution is 5.95. The number of rotatable bonds is 6. The first-order valence-electron chi connectivity index (χ1n) is 7.78. The first kappa shape index (κ1) is 15.8. The molecule has 7 heteroatoms. The van der Waals surface area contributed by atoms with Crippen LogP contribution in [0.25, 0.3) is 0 Å². The minimum atomic E-state index is -0.531. The van der Waals surface area contributed by atoms with Gasteiger partial charge in [-0.1, -0.05) is 24.3 Å². The molecule has 0 aliphatic carbocycles. The average molecular weight is 322 g/mol. The minimum Gasteiger partial charge on any atom is -0.325 e. The van der Waals surface area contributed by atoms with E-state index in [1.165, 1.54) is 5.56 Å². The van der Waals surface area contributed by atoms with Crippen molar-refractivity contribution in [3.8, 4) is 0 Å². The van der Waals surface area contributed by atoms with Gasteiger partial charge in [-0.05, 0) is 48.2 Å². The van der Waals surface area contributed by atoms with E-state index in [0.717, 1.165) is 17.7 Å². The van der Waals surface area contributed by atoms with Crippen LogP contribution in [0, 0.1) is 0 Å².